The van der Waals surface area contributed by atoms with E-state index >= 15 is 0 Å². The summed E-state index contributed by atoms with van der Waals surface area (Å²) in [7, 11) is 1.30. The second-order valence-corrected chi connectivity index (χ2v) is 5.63. The number of rotatable bonds is 6. The van der Waals surface area contributed by atoms with Crippen LogP contribution in [-0.2, 0) is 11.3 Å². The van der Waals surface area contributed by atoms with Gasteiger partial charge in [0, 0.05) is 0 Å². The van der Waals surface area contributed by atoms with Gasteiger partial charge in [-0.1, -0.05) is 0 Å². The molecule has 0 aliphatic rings. The van der Waals surface area contributed by atoms with Gasteiger partial charge in [0.25, 0.3) is 0 Å². The fourth-order valence-corrected chi connectivity index (χ4v) is 2.33. The Labute approximate surface area is 154 Å². The molecule has 0 saturated carbocycles. The van der Waals surface area contributed by atoms with Gasteiger partial charge in [0.1, 0.15) is 23.9 Å². The lowest BCUT2D eigenvalue weighted by Gasteiger charge is -2.04. The molecule has 3 aromatic rings. The summed E-state index contributed by atoms with van der Waals surface area (Å²) in [4.78, 5) is 11.3. The number of nitrogens with one attached hydrogen (secondary N) is 1. The predicted octanol–water partition coefficient (Wildman–Crippen LogP) is 3.09. The standard InChI is InChI=1S/C17H16N4O4S/c1-11-19-20-17(26)21(11)18-9-12-3-5-13(6-4-12)24-10-14-7-8-15(25-14)16(22)23-2/h3-9H,10H2,1-2H3,(H,20,26)/b18-9-. The molecular formula is C17H16N4O4S. The Morgan fingerprint density at radius 3 is 2.77 bits per heavy atom. The zero-order valence-electron chi connectivity index (χ0n) is 14.1. The summed E-state index contributed by atoms with van der Waals surface area (Å²) in [6, 6.07) is 10.6. The first-order valence-corrected chi connectivity index (χ1v) is 8.06. The average molecular weight is 372 g/mol. The van der Waals surface area contributed by atoms with Gasteiger partial charge in [0.05, 0.1) is 13.3 Å². The van der Waals surface area contributed by atoms with Crippen molar-refractivity contribution in [2.45, 2.75) is 13.5 Å². The number of hydrogen-bond acceptors (Lipinski definition) is 7. The Morgan fingerprint density at radius 1 is 1.35 bits per heavy atom. The number of esters is 1. The van der Waals surface area contributed by atoms with E-state index in [1.165, 1.54) is 11.8 Å². The number of nitrogens with zero attached hydrogens (tertiary/aromatic N) is 3. The van der Waals surface area contributed by atoms with Crippen molar-refractivity contribution >= 4 is 24.4 Å². The topological polar surface area (TPSA) is 94.6 Å². The number of aromatic nitrogens is 3. The molecule has 0 radical (unpaired) electrons. The van der Waals surface area contributed by atoms with Crippen LogP contribution < -0.4 is 4.74 Å². The molecule has 0 bridgehead atoms. The summed E-state index contributed by atoms with van der Waals surface area (Å²) in [6.45, 7) is 2.01. The molecule has 1 N–H and O–H groups in total. The number of ether oxygens (including phenoxy) is 2. The lowest BCUT2D eigenvalue weighted by Crippen LogP contribution is -1.99. The number of carbonyl (C=O) groups excluding carboxylic acids is 1. The number of aryl methyl sites for hydroxylation is 1. The Hall–Kier alpha value is -3.20. The summed E-state index contributed by atoms with van der Waals surface area (Å²) in [6.07, 6.45) is 1.68. The van der Waals surface area contributed by atoms with E-state index in [2.05, 4.69) is 20.0 Å². The van der Waals surface area contributed by atoms with Crippen LogP contribution in [0, 0.1) is 11.7 Å². The fourth-order valence-electron chi connectivity index (χ4n) is 2.10. The second-order valence-electron chi connectivity index (χ2n) is 5.25. The second kappa shape index (κ2) is 7.79. The third-order valence-electron chi connectivity index (χ3n) is 3.44. The van der Waals surface area contributed by atoms with Gasteiger partial charge < -0.3 is 13.9 Å². The molecule has 2 aromatic heterocycles. The maximum Gasteiger partial charge on any atom is 0.373 e. The smallest absolute Gasteiger partial charge is 0.373 e. The summed E-state index contributed by atoms with van der Waals surface area (Å²) in [5, 5.41) is 10.9. The minimum Gasteiger partial charge on any atom is -0.486 e. The third kappa shape index (κ3) is 4.06. The van der Waals surface area contributed by atoms with Crippen LogP contribution >= 0.6 is 12.2 Å². The molecule has 1 aromatic carbocycles. The van der Waals surface area contributed by atoms with Gasteiger partial charge >= 0.3 is 5.97 Å². The third-order valence-corrected chi connectivity index (χ3v) is 3.71. The van der Waals surface area contributed by atoms with E-state index in [1.54, 1.807) is 25.3 Å². The zero-order chi connectivity index (χ0) is 18.5. The quantitative estimate of drug-likeness (QED) is 0.406. The number of hydrogen-bond donors (Lipinski definition) is 1. The maximum absolute atomic E-state index is 11.3. The van der Waals surface area contributed by atoms with E-state index in [0.717, 1.165) is 5.56 Å². The van der Waals surface area contributed by atoms with Crippen LogP contribution in [0.25, 0.3) is 0 Å². The molecule has 0 spiro atoms. The van der Waals surface area contributed by atoms with E-state index in [9.17, 15) is 4.79 Å². The van der Waals surface area contributed by atoms with Crippen LogP contribution in [0.1, 0.15) is 27.7 Å². The summed E-state index contributed by atoms with van der Waals surface area (Å²) in [5.41, 5.74) is 0.880. The molecule has 0 atom stereocenters. The van der Waals surface area contributed by atoms with Gasteiger partial charge in [-0.05, 0) is 61.1 Å². The molecule has 0 amide bonds. The first-order chi connectivity index (χ1) is 12.6. The van der Waals surface area contributed by atoms with Crippen molar-refractivity contribution in [3.05, 3.63) is 64.1 Å². The van der Waals surface area contributed by atoms with E-state index in [1.807, 2.05) is 24.3 Å². The van der Waals surface area contributed by atoms with E-state index in [0.29, 0.717) is 22.1 Å². The first-order valence-electron chi connectivity index (χ1n) is 7.65. The van der Waals surface area contributed by atoms with Gasteiger partial charge in [0.2, 0.25) is 10.5 Å². The lowest BCUT2D eigenvalue weighted by molar-refractivity contribution is 0.0561. The van der Waals surface area contributed by atoms with Crippen molar-refractivity contribution in [2.24, 2.45) is 5.10 Å². The summed E-state index contributed by atoms with van der Waals surface area (Å²) < 4.78 is 17.5. The molecule has 134 valence electrons. The Morgan fingerprint density at radius 2 is 2.12 bits per heavy atom. The van der Waals surface area contributed by atoms with Crippen LogP contribution in [0.4, 0.5) is 0 Å². The molecule has 0 unspecified atom stereocenters. The Bertz CT molecular complexity index is 985. The van der Waals surface area contributed by atoms with Gasteiger partial charge in [0.15, 0.2) is 0 Å². The highest BCUT2D eigenvalue weighted by atomic mass is 32.1. The molecule has 26 heavy (non-hydrogen) atoms. The lowest BCUT2D eigenvalue weighted by atomic mass is 10.2. The Balaban J connectivity index is 1.60. The largest absolute Gasteiger partial charge is 0.486 e. The number of benzene rings is 1. The van der Waals surface area contributed by atoms with Crippen molar-refractivity contribution in [3.8, 4) is 5.75 Å². The normalized spacial score (nSPS) is 11.0. The van der Waals surface area contributed by atoms with Crippen LogP contribution in [0.3, 0.4) is 0 Å². The van der Waals surface area contributed by atoms with Gasteiger partial charge in [-0.15, -0.1) is 0 Å². The highest BCUT2D eigenvalue weighted by molar-refractivity contribution is 7.71. The molecule has 2 heterocycles. The van der Waals surface area contributed by atoms with E-state index in [4.69, 9.17) is 21.4 Å². The fraction of sp³-hybridized carbons (Fsp3) is 0.176. The van der Waals surface area contributed by atoms with E-state index < -0.39 is 5.97 Å². The number of furan rings is 1. The summed E-state index contributed by atoms with van der Waals surface area (Å²) in [5.74, 6) is 1.49. The highest BCUT2D eigenvalue weighted by Crippen LogP contribution is 2.15. The number of methoxy groups -OCH3 is 1. The predicted molar refractivity (Wildman–Crippen MR) is 96.0 cm³/mol. The average Bonchev–Trinajstić information content (AvgIpc) is 3.26. The number of carbonyl (C=O) groups is 1. The summed E-state index contributed by atoms with van der Waals surface area (Å²) >= 11 is 5.09. The maximum atomic E-state index is 11.3. The van der Waals surface area contributed by atoms with Crippen LogP contribution in [-0.4, -0.2) is 34.2 Å². The first kappa shape index (κ1) is 17.6. The molecule has 0 saturated heterocycles. The molecule has 3 rings (SSSR count). The van der Waals surface area contributed by atoms with Crippen molar-refractivity contribution in [3.63, 3.8) is 0 Å². The van der Waals surface area contributed by atoms with Crippen molar-refractivity contribution in [1.82, 2.24) is 14.9 Å². The minimum absolute atomic E-state index is 0.144. The van der Waals surface area contributed by atoms with Crippen LogP contribution in [0.2, 0.25) is 0 Å². The molecule has 9 heteroatoms. The molecular weight excluding hydrogens is 356 g/mol. The number of H-pyrrole nitrogens is 1. The molecule has 0 aliphatic carbocycles. The minimum atomic E-state index is -0.521. The van der Waals surface area contributed by atoms with Crippen LogP contribution in [0.5, 0.6) is 5.75 Å². The molecule has 0 fully saturated rings. The highest BCUT2D eigenvalue weighted by Gasteiger charge is 2.11. The van der Waals surface area contributed by atoms with Crippen molar-refractivity contribution < 1.29 is 18.7 Å². The monoisotopic (exact) mass is 372 g/mol. The SMILES string of the molecule is COC(=O)c1ccc(COc2ccc(/C=N\n3c(C)n[nH]c3=S)cc2)o1. The molecule has 0 aliphatic heterocycles. The van der Waals surface area contributed by atoms with Gasteiger partial charge in [-0.25, -0.2) is 4.79 Å². The Kier molecular flexibility index (Phi) is 5.28. The van der Waals surface area contributed by atoms with Crippen molar-refractivity contribution in [1.29, 1.82) is 0 Å². The van der Waals surface area contributed by atoms with Gasteiger partial charge in [-0.3, -0.25) is 5.10 Å². The van der Waals surface area contributed by atoms with Crippen LogP contribution in [0.15, 0.2) is 45.9 Å². The molecule has 8 nitrogen and oxygen atoms in total. The van der Waals surface area contributed by atoms with Gasteiger partial charge in [-0.2, -0.15) is 14.9 Å². The zero-order valence-corrected chi connectivity index (χ0v) is 14.9. The van der Waals surface area contributed by atoms with E-state index in [-0.39, 0.29) is 12.4 Å². The number of aromatic amines is 1. The van der Waals surface area contributed by atoms with Crippen molar-refractivity contribution in [2.75, 3.05) is 7.11 Å².